The Kier molecular flexibility index (Phi) is 6.61. The molecule has 0 saturated carbocycles. The van der Waals surface area contributed by atoms with E-state index in [0.717, 1.165) is 0 Å². The molecule has 0 aromatic heterocycles. The highest BCUT2D eigenvalue weighted by Gasteiger charge is 2.22. The van der Waals surface area contributed by atoms with Crippen LogP contribution in [0.3, 0.4) is 0 Å². The van der Waals surface area contributed by atoms with E-state index >= 15 is 0 Å². The first-order chi connectivity index (χ1) is 9.85. The molecule has 0 radical (unpaired) electrons. The lowest BCUT2D eigenvalue weighted by atomic mass is 10.1. The van der Waals surface area contributed by atoms with E-state index in [4.69, 9.17) is 0 Å². The standard InChI is InChI=1S/C14H17F2NO3S/c1-9(2)17(8-12(18)20-3)13(19)10-4-6-11(7-5-10)21-14(15)16/h4-7,9,14H,8H2,1-3H3. The van der Waals surface area contributed by atoms with Gasteiger partial charge in [-0.05, 0) is 38.1 Å². The number of esters is 1. The molecule has 0 atom stereocenters. The van der Waals surface area contributed by atoms with E-state index in [1.54, 1.807) is 13.8 Å². The van der Waals surface area contributed by atoms with Crippen molar-refractivity contribution in [2.45, 2.75) is 30.5 Å². The number of carbonyl (C=O) groups excluding carboxylic acids is 2. The van der Waals surface area contributed by atoms with Crippen LogP contribution in [0.1, 0.15) is 24.2 Å². The summed E-state index contributed by atoms with van der Waals surface area (Å²) in [5, 5.41) is 0. The first-order valence-electron chi connectivity index (χ1n) is 6.27. The number of benzene rings is 1. The molecule has 0 saturated heterocycles. The van der Waals surface area contributed by atoms with E-state index < -0.39 is 11.7 Å². The Morgan fingerprint density at radius 1 is 1.24 bits per heavy atom. The van der Waals surface area contributed by atoms with Crippen LogP contribution in [-0.2, 0) is 9.53 Å². The number of carbonyl (C=O) groups is 2. The zero-order valence-electron chi connectivity index (χ0n) is 12.0. The summed E-state index contributed by atoms with van der Waals surface area (Å²) in [6.45, 7) is 3.41. The minimum Gasteiger partial charge on any atom is -0.468 e. The molecule has 0 aliphatic rings. The number of alkyl halides is 2. The van der Waals surface area contributed by atoms with Gasteiger partial charge in [-0.2, -0.15) is 8.78 Å². The molecule has 0 fully saturated rings. The van der Waals surface area contributed by atoms with Crippen molar-refractivity contribution in [1.29, 1.82) is 0 Å². The quantitative estimate of drug-likeness (QED) is 0.598. The third kappa shape index (κ3) is 5.34. The molecular weight excluding hydrogens is 300 g/mol. The number of nitrogens with zero attached hydrogens (tertiary/aromatic N) is 1. The molecule has 0 aliphatic carbocycles. The number of amides is 1. The second-order valence-electron chi connectivity index (χ2n) is 4.51. The molecule has 1 amide bonds. The van der Waals surface area contributed by atoms with E-state index in [2.05, 4.69) is 4.74 Å². The summed E-state index contributed by atoms with van der Waals surface area (Å²) in [6, 6.07) is 5.67. The molecule has 1 rings (SSSR count). The van der Waals surface area contributed by atoms with E-state index in [9.17, 15) is 18.4 Å². The molecule has 0 unspecified atom stereocenters. The van der Waals surface area contributed by atoms with Crippen molar-refractivity contribution >= 4 is 23.6 Å². The highest BCUT2D eigenvalue weighted by Crippen LogP contribution is 2.25. The minimum atomic E-state index is -2.50. The van der Waals surface area contributed by atoms with Crippen molar-refractivity contribution in [3.05, 3.63) is 29.8 Å². The lowest BCUT2D eigenvalue weighted by Crippen LogP contribution is -2.41. The lowest BCUT2D eigenvalue weighted by molar-refractivity contribution is -0.141. The van der Waals surface area contributed by atoms with Gasteiger partial charge in [-0.1, -0.05) is 11.8 Å². The fraction of sp³-hybridized carbons (Fsp3) is 0.429. The number of thioether (sulfide) groups is 1. The van der Waals surface area contributed by atoms with Gasteiger partial charge in [0.25, 0.3) is 11.7 Å². The van der Waals surface area contributed by atoms with Crippen molar-refractivity contribution in [1.82, 2.24) is 4.90 Å². The first kappa shape index (κ1) is 17.4. The zero-order valence-corrected chi connectivity index (χ0v) is 12.8. The molecule has 116 valence electrons. The Morgan fingerprint density at radius 2 is 1.81 bits per heavy atom. The van der Waals surface area contributed by atoms with Crippen LogP contribution < -0.4 is 0 Å². The Hall–Kier alpha value is -1.63. The van der Waals surface area contributed by atoms with Crippen molar-refractivity contribution in [2.75, 3.05) is 13.7 Å². The number of methoxy groups -OCH3 is 1. The lowest BCUT2D eigenvalue weighted by Gasteiger charge is -2.25. The molecule has 0 aliphatic heterocycles. The van der Waals surface area contributed by atoms with Crippen LogP contribution in [0, 0.1) is 0 Å². The summed E-state index contributed by atoms with van der Waals surface area (Å²) in [4.78, 5) is 25.4. The van der Waals surface area contributed by atoms with Crippen LogP contribution in [0.4, 0.5) is 8.78 Å². The van der Waals surface area contributed by atoms with Crippen LogP contribution >= 0.6 is 11.8 Å². The van der Waals surface area contributed by atoms with Crippen LogP contribution in [0.5, 0.6) is 0 Å². The Labute approximate surface area is 126 Å². The minimum absolute atomic E-state index is 0.152. The number of hydrogen-bond donors (Lipinski definition) is 0. The van der Waals surface area contributed by atoms with E-state index in [-0.39, 0.29) is 18.5 Å². The summed E-state index contributed by atoms with van der Waals surface area (Å²) in [7, 11) is 1.25. The van der Waals surface area contributed by atoms with Gasteiger partial charge in [0.1, 0.15) is 6.54 Å². The molecule has 0 N–H and O–H groups in total. The monoisotopic (exact) mass is 317 g/mol. The van der Waals surface area contributed by atoms with Gasteiger partial charge < -0.3 is 9.64 Å². The third-order valence-electron chi connectivity index (χ3n) is 2.74. The zero-order chi connectivity index (χ0) is 16.0. The largest absolute Gasteiger partial charge is 0.468 e. The molecule has 0 heterocycles. The van der Waals surface area contributed by atoms with Gasteiger partial charge >= 0.3 is 5.97 Å². The van der Waals surface area contributed by atoms with E-state index in [1.165, 1.54) is 36.3 Å². The highest BCUT2D eigenvalue weighted by molar-refractivity contribution is 7.99. The maximum Gasteiger partial charge on any atom is 0.325 e. The molecular formula is C14H17F2NO3S. The van der Waals surface area contributed by atoms with Crippen LogP contribution in [-0.4, -0.2) is 42.2 Å². The SMILES string of the molecule is COC(=O)CN(C(=O)c1ccc(SC(F)F)cc1)C(C)C. The molecule has 1 aromatic carbocycles. The van der Waals surface area contributed by atoms with Gasteiger partial charge in [-0.15, -0.1) is 0 Å². The highest BCUT2D eigenvalue weighted by atomic mass is 32.2. The summed E-state index contributed by atoms with van der Waals surface area (Å²) in [6.07, 6.45) is 0. The predicted molar refractivity (Wildman–Crippen MR) is 76.5 cm³/mol. The number of hydrogen-bond acceptors (Lipinski definition) is 4. The molecule has 0 bridgehead atoms. The fourth-order valence-corrected chi connectivity index (χ4v) is 2.14. The van der Waals surface area contributed by atoms with E-state index in [0.29, 0.717) is 22.2 Å². The predicted octanol–water partition coefficient (Wildman–Crippen LogP) is 3.02. The smallest absolute Gasteiger partial charge is 0.325 e. The molecule has 4 nitrogen and oxygen atoms in total. The third-order valence-corrected chi connectivity index (χ3v) is 3.46. The summed E-state index contributed by atoms with van der Waals surface area (Å²) >= 11 is 0.415. The Balaban J connectivity index is 2.86. The van der Waals surface area contributed by atoms with Gasteiger partial charge in [-0.3, -0.25) is 9.59 Å². The Morgan fingerprint density at radius 3 is 2.24 bits per heavy atom. The molecule has 21 heavy (non-hydrogen) atoms. The van der Waals surface area contributed by atoms with Crippen molar-refractivity contribution in [2.24, 2.45) is 0 Å². The maximum absolute atomic E-state index is 12.3. The summed E-state index contributed by atoms with van der Waals surface area (Å²) < 4.78 is 29.0. The Bertz CT molecular complexity index is 491. The molecule has 7 heteroatoms. The van der Waals surface area contributed by atoms with Gasteiger partial charge in [0.2, 0.25) is 0 Å². The number of ether oxygens (including phenoxy) is 1. The average molecular weight is 317 g/mol. The van der Waals surface area contributed by atoms with Crippen molar-refractivity contribution < 1.29 is 23.1 Å². The number of halogens is 2. The average Bonchev–Trinajstić information content (AvgIpc) is 2.43. The fourth-order valence-electron chi connectivity index (χ4n) is 1.64. The van der Waals surface area contributed by atoms with Crippen molar-refractivity contribution in [3.63, 3.8) is 0 Å². The topological polar surface area (TPSA) is 46.6 Å². The summed E-state index contributed by atoms with van der Waals surface area (Å²) in [5.41, 5.74) is 0.339. The van der Waals surface area contributed by atoms with Crippen LogP contribution in [0.2, 0.25) is 0 Å². The van der Waals surface area contributed by atoms with E-state index in [1.807, 2.05) is 0 Å². The normalized spacial score (nSPS) is 10.8. The number of rotatable bonds is 6. The van der Waals surface area contributed by atoms with Gasteiger partial charge in [0, 0.05) is 16.5 Å². The molecule has 0 spiro atoms. The molecule has 1 aromatic rings. The first-order valence-corrected chi connectivity index (χ1v) is 7.15. The van der Waals surface area contributed by atoms with Crippen LogP contribution in [0.15, 0.2) is 29.2 Å². The van der Waals surface area contributed by atoms with Gasteiger partial charge in [-0.25, -0.2) is 0 Å². The van der Waals surface area contributed by atoms with Gasteiger partial charge in [0.05, 0.1) is 7.11 Å². The summed E-state index contributed by atoms with van der Waals surface area (Å²) in [5.74, 6) is -3.36. The maximum atomic E-state index is 12.3. The second-order valence-corrected chi connectivity index (χ2v) is 5.57. The van der Waals surface area contributed by atoms with Crippen molar-refractivity contribution in [3.8, 4) is 0 Å². The van der Waals surface area contributed by atoms with Gasteiger partial charge in [0.15, 0.2) is 0 Å². The van der Waals surface area contributed by atoms with Crippen LogP contribution in [0.25, 0.3) is 0 Å². The second kappa shape index (κ2) is 7.97.